The van der Waals surface area contributed by atoms with Crippen molar-refractivity contribution < 1.29 is 13.2 Å². The Morgan fingerprint density at radius 3 is 2.33 bits per heavy atom. The van der Waals surface area contributed by atoms with Crippen LogP contribution in [0.5, 0.6) is 0 Å². The molecule has 42 heavy (non-hydrogen) atoms. The molecule has 0 fully saturated rings. The van der Waals surface area contributed by atoms with E-state index in [1.807, 2.05) is 79.7 Å². The Hall–Kier alpha value is -4.14. The van der Waals surface area contributed by atoms with Crippen LogP contribution in [-0.2, 0) is 21.2 Å². The van der Waals surface area contributed by atoms with E-state index >= 15 is 0 Å². The topological polar surface area (TPSA) is 90.9 Å². The highest BCUT2D eigenvalue weighted by atomic mass is 35.5. The highest BCUT2D eigenvalue weighted by Crippen LogP contribution is 2.48. The summed E-state index contributed by atoms with van der Waals surface area (Å²) in [4.78, 5) is 18.0. The summed E-state index contributed by atoms with van der Waals surface area (Å²) in [5.41, 5.74) is 6.30. The van der Waals surface area contributed by atoms with Gasteiger partial charge >= 0.3 is 0 Å². The van der Waals surface area contributed by atoms with Gasteiger partial charge in [-0.1, -0.05) is 84.4 Å². The Morgan fingerprint density at radius 1 is 0.929 bits per heavy atom. The predicted octanol–water partition coefficient (Wildman–Crippen LogP) is 5.43. The number of para-hydroxylation sites is 1. The number of halogens is 1. The number of sulfonamides is 1. The number of carbonyl (C=O) groups excluding carboxylic acids is 1. The predicted molar refractivity (Wildman–Crippen MR) is 170 cm³/mol. The number of amidine groups is 1. The molecule has 9 heteroatoms. The van der Waals surface area contributed by atoms with Gasteiger partial charge in [0, 0.05) is 24.2 Å². The van der Waals surface area contributed by atoms with Crippen LogP contribution in [0.15, 0.2) is 107 Å². The molecular weight excluding hydrogens is 568 g/mol. The number of fused-ring (bicyclic) bond motifs is 3. The van der Waals surface area contributed by atoms with Crippen molar-refractivity contribution in [2.75, 3.05) is 23.9 Å². The molecule has 0 spiro atoms. The molecule has 6 rings (SSSR count). The maximum atomic E-state index is 14.2. The smallest absolute Gasteiger partial charge is 0.264 e. The van der Waals surface area contributed by atoms with Crippen LogP contribution in [0, 0.1) is 6.92 Å². The van der Waals surface area contributed by atoms with Crippen LogP contribution in [0.3, 0.4) is 0 Å². The summed E-state index contributed by atoms with van der Waals surface area (Å²) < 4.78 is 29.8. The first kappa shape index (κ1) is 29.4. The molecule has 0 saturated heterocycles. The molecule has 2 heterocycles. The van der Waals surface area contributed by atoms with E-state index in [0.717, 1.165) is 52.3 Å². The second-order valence-corrected chi connectivity index (χ2v) is 12.2. The van der Waals surface area contributed by atoms with Crippen LogP contribution in [0.2, 0.25) is 0 Å². The van der Waals surface area contributed by atoms with Gasteiger partial charge < -0.3 is 10.6 Å². The van der Waals surface area contributed by atoms with Crippen LogP contribution in [-0.4, -0.2) is 39.8 Å². The first-order valence-corrected chi connectivity index (χ1v) is 15.3. The van der Waals surface area contributed by atoms with E-state index in [-0.39, 0.29) is 29.6 Å². The van der Waals surface area contributed by atoms with Crippen LogP contribution in [0.1, 0.15) is 34.7 Å². The lowest BCUT2D eigenvalue weighted by Gasteiger charge is -2.39. The summed E-state index contributed by atoms with van der Waals surface area (Å²) in [6, 6.07) is 29.6. The molecule has 0 aliphatic carbocycles. The number of nitrogens with one attached hydrogen (secondary N) is 2. The van der Waals surface area contributed by atoms with Crippen molar-refractivity contribution in [1.29, 1.82) is 0 Å². The van der Waals surface area contributed by atoms with E-state index in [1.165, 1.54) is 4.31 Å². The van der Waals surface area contributed by atoms with Crippen molar-refractivity contribution in [3.63, 3.8) is 0 Å². The van der Waals surface area contributed by atoms with E-state index in [2.05, 4.69) is 15.6 Å². The molecule has 0 bridgehead atoms. The zero-order valence-electron chi connectivity index (χ0n) is 23.3. The molecular formula is C33H33ClN4O3S. The minimum atomic E-state index is -3.97. The zero-order chi connectivity index (χ0) is 28.4. The van der Waals surface area contributed by atoms with Gasteiger partial charge in [-0.3, -0.25) is 14.1 Å². The standard InChI is InChI=1S/C33H32N4O3S.ClH/c1-23-10-16-26(17-11-23)41(39,40)37-30-9-5-4-7-28(30)27-6-2-3-8-29(27)31(37)22-32(38)34-19-18-24-12-14-25(15-13-24)33-35-20-21-36-33;/h2-17,31H,18-22H2,1H3,(H,34,38)(H,35,36);1H. The molecule has 1 unspecified atom stereocenters. The average molecular weight is 601 g/mol. The third-order valence-corrected chi connectivity index (χ3v) is 9.47. The number of anilines is 1. The molecule has 7 nitrogen and oxygen atoms in total. The summed E-state index contributed by atoms with van der Waals surface area (Å²) in [6.07, 6.45) is 0.669. The molecule has 2 aliphatic heterocycles. The molecule has 216 valence electrons. The quantitative estimate of drug-likeness (QED) is 0.282. The van der Waals surface area contributed by atoms with Gasteiger partial charge in [0.25, 0.3) is 10.0 Å². The fourth-order valence-corrected chi connectivity index (χ4v) is 7.20. The molecule has 2 N–H and O–H groups in total. The third-order valence-electron chi connectivity index (χ3n) is 7.63. The Labute approximate surface area is 253 Å². The van der Waals surface area contributed by atoms with Crippen molar-refractivity contribution >= 4 is 39.9 Å². The summed E-state index contributed by atoms with van der Waals surface area (Å²) in [5.74, 6) is 0.721. The molecule has 2 aliphatic rings. The lowest BCUT2D eigenvalue weighted by Crippen LogP contribution is -2.40. The Bertz CT molecular complexity index is 1720. The van der Waals surface area contributed by atoms with Gasteiger partial charge in [-0.25, -0.2) is 8.42 Å². The second kappa shape index (κ2) is 12.4. The maximum absolute atomic E-state index is 14.2. The van der Waals surface area contributed by atoms with Gasteiger partial charge in [0.1, 0.15) is 5.84 Å². The highest BCUT2D eigenvalue weighted by molar-refractivity contribution is 7.92. The Morgan fingerprint density at radius 2 is 1.62 bits per heavy atom. The second-order valence-electron chi connectivity index (χ2n) is 10.4. The number of nitrogens with zero attached hydrogens (tertiary/aromatic N) is 2. The van der Waals surface area contributed by atoms with Crippen LogP contribution in [0.25, 0.3) is 11.1 Å². The number of amides is 1. The summed E-state index contributed by atoms with van der Waals surface area (Å²) in [7, 11) is -3.97. The van der Waals surface area contributed by atoms with E-state index in [9.17, 15) is 13.2 Å². The Balaban J connectivity index is 0.00000353. The number of rotatable bonds is 8. The van der Waals surface area contributed by atoms with Crippen molar-refractivity contribution in [1.82, 2.24) is 10.6 Å². The minimum Gasteiger partial charge on any atom is -0.368 e. The molecule has 0 saturated carbocycles. The number of carbonyl (C=O) groups is 1. The van der Waals surface area contributed by atoms with Gasteiger partial charge in [0.15, 0.2) is 0 Å². The number of aliphatic imine (C=N–C) groups is 1. The maximum Gasteiger partial charge on any atom is 0.264 e. The molecule has 4 aromatic carbocycles. The molecule has 0 radical (unpaired) electrons. The van der Waals surface area contributed by atoms with Crippen LogP contribution in [0.4, 0.5) is 5.69 Å². The summed E-state index contributed by atoms with van der Waals surface area (Å²) >= 11 is 0. The molecule has 4 aromatic rings. The van der Waals surface area contributed by atoms with Gasteiger partial charge in [0.05, 0.1) is 29.6 Å². The van der Waals surface area contributed by atoms with E-state index in [1.54, 1.807) is 24.3 Å². The third kappa shape index (κ3) is 5.78. The van der Waals surface area contributed by atoms with Crippen molar-refractivity contribution in [2.24, 2.45) is 4.99 Å². The van der Waals surface area contributed by atoms with Gasteiger partial charge in [-0.15, -0.1) is 12.4 Å². The number of hydrogen-bond acceptors (Lipinski definition) is 5. The van der Waals surface area contributed by atoms with Gasteiger partial charge in [-0.05, 0) is 48.2 Å². The number of aryl methyl sites for hydroxylation is 1. The SMILES string of the molecule is Cc1ccc(S(=O)(=O)N2c3ccccc3-c3ccccc3C2CC(=O)NCCc2ccc(C3=NCCN3)cc2)cc1.Cl. The zero-order valence-corrected chi connectivity index (χ0v) is 24.9. The summed E-state index contributed by atoms with van der Waals surface area (Å²) in [5, 5.41) is 6.30. The first-order valence-electron chi connectivity index (χ1n) is 13.9. The lowest BCUT2D eigenvalue weighted by molar-refractivity contribution is -0.121. The van der Waals surface area contributed by atoms with E-state index < -0.39 is 16.1 Å². The molecule has 0 aromatic heterocycles. The highest BCUT2D eigenvalue weighted by Gasteiger charge is 2.39. The lowest BCUT2D eigenvalue weighted by atomic mass is 9.88. The normalized spacial score (nSPS) is 15.5. The van der Waals surface area contributed by atoms with E-state index in [4.69, 9.17) is 0 Å². The van der Waals surface area contributed by atoms with Gasteiger partial charge in [-0.2, -0.15) is 0 Å². The minimum absolute atomic E-state index is 0. The monoisotopic (exact) mass is 600 g/mol. The molecule has 1 atom stereocenters. The van der Waals surface area contributed by atoms with Crippen molar-refractivity contribution in [3.05, 3.63) is 119 Å². The van der Waals surface area contributed by atoms with Crippen molar-refractivity contribution in [2.45, 2.75) is 30.7 Å². The average Bonchev–Trinajstić information content (AvgIpc) is 3.53. The first-order chi connectivity index (χ1) is 19.9. The van der Waals surface area contributed by atoms with Crippen molar-refractivity contribution in [3.8, 4) is 11.1 Å². The van der Waals surface area contributed by atoms with E-state index in [0.29, 0.717) is 18.7 Å². The number of hydrogen-bond donors (Lipinski definition) is 2. The van der Waals surface area contributed by atoms with Gasteiger partial charge in [0.2, 0.25) is 5.91 Å². The molecule has 1 amide bonds. The van der Waals surface area contributed by atoms with Crippen LogP contribution < -0.4 is 14.9 Å². The largest absolute Gasteiger partial charge is 0.368 e. The number of benzene rings is 4. The fraction of sp³-hybridized carbons (Fsp3) is 0.212. The fourth-order valence-electron chi connectivity index (χ4n) is 5.55. The summed E-state index contributed by atoms with van der Waals surface area (Å²) in [6.45, 7) is 4.03. The van der Waals surface area contributed by atoms with Crippen LogP contribution >= 0.6 is 12.4 Å². The Kier molecular flexibility index (Phi) is 8.66.